The van der Waals surface area contributed by atoms with E-state index >= 15 is 0 Å². The minimum Gasteiger partial charge on any atom is -0.463 e. The standard InChI is InChI=1S/C23H23N5O7S/c1-4-26-13(3)19(22(30)35-5-2)20(25-23(26)36)14-7-6-8-16(9-14)24-21(29)15-10-17(27(31)32)12-18(11-15)28(33)34/h6-12,20H,4-5H2,1-3H3,(H,24,29)(H,25,36). The summed E-state index contributed by atoms with van der Waals surface area (Å²) < 4.78 is 5.26. The molecule has 0 fully saturated rings. The second kappa shape index (κ2) is 10.9. The number of rotatable bonds is 8. The molecule has 1 unspecified atom stereocenters. The highest BCUT2D eigenvalue weighted by molar-refractivity contribution is 7.80. The summed E-state index contributed by atoms with van der Waals surface area (Å²) in [5.74, 6) is -1.28. The van der Waals surface area contributed by atoms with E-state index in [2.05, 4.69) is 10.6 Å². The van der Waals surface area contributed by atoms with E-state index in [9.17, 15) is 29.8 Å². The maximum Gasteiger partial charge on any atom is 0.338 e. The first-order valence-corrected chi connectivity index (χ1v) is 11.3. The summed E-state index contributed by atoms with van der Waals surface area (Å²) in [6, 6.07) is 8.61. The molecule has 0 saturated heterocycles. The lowest BCUT2D eigenvalue weighted by atomic mass is 9.94. The monoisotopic (exact) mass is 513 g/mol. The fraction of sp³-hybridized carbons (Fsp3) is 0.261. The Bertz CT molecular complexity index is 1260. The number of anilines is 1. The normalized spacial score (nSPS) is 15.2. The number of nitro benzene ring substituents is 2. The Morgan fingerprint density at radius 1 is 1.11 bits per heavy atom. The molecule has 3 rings (SSSR count). The van der Waals surface area contributed by atoms with E-state index in [1.54, 1.807) is 43.0 Å². The second-order valence-electron chi connectivity index (χ2n) is 7.68. The Hall–Kier alpha value is -4.39. The van der Waals surface area contributed by atoms with Crippen LogP contribution >= 0.6 is 12.2 Å². The highest BCUT2D eigenvalue weighted by atomic mass is 32.1. The third kappa shape index (κ3) is 5.46. The first kappa shape index (κ1) is 26.2. The van der Waals surface area contributed by atoms with E-state index in [4.69, 9.17) is 17.0 Å². The molecular formula is C23H23N5O7S. The zero-order chi connectivity index (χ0) is 26.6. The summed E-state index contributed by atoms with van der Waals surface area (Å²) in [4.78, 5) is 48.1. The molecule has 36 heavy (non-hydrogen) atoms. The number of carbonyl (C=O) groups is 2. The lowest BCUT2D eigenvalue weighted by molar-refractivity contribution is -0.394. The molecule has 2 aromatic carbocycles. The number of ether oxygens (including phenoxy) is 1. The van der Waals surface area contributed by atoms with Gasteiger partial charge >= 0.3 is 5.97 Å². The summed E-state index contributed by atoms with van der Waals surface area (Å²) in [6.07, 6.45) is 0. The van der Waals surface area contributed by atoms with Crippen molar-refractivity contribution in [1.82, 2.24) is 10.2 Å². The van der Waals surface area contributed by atoms with Gasteiger partial charge in [0.2, 0.25) is 0 Å². The molecule has 0 saturated carbocycles. The molecule has 1 aliphatic rings. The Balaban J connectivity index is 1.96. The number of hydrogen-bond donors (Lipinski definition) is 2. The van der Waals surface area contributed by atoms with Crippen LogP contribution in [-0.2, 0) is 9.53 Å². The Morgan fingerprint density at radius 2 is 1.75 bits per heavy atom. The Kier molecular flexibility index (Phi) is 7.94. The van der Waals surface area contributed by atoms with Crippen molar-refractivity contribution in [1.29, 1.82) is 0 Å². The molecule has 1 atom stereocenters. The number of nitrogens with zero attached hydrogens (tertiary/aromatic N) is 3. The summed E-state index contributed by atoms with van der Waals surface area (Å²) in [5, 5.41) is 28.5. The van der Waals surface area contributed by atoms with E-state index in [1.165, 1.54) is 0 Å². The predicted molar refractivity (Wildman–Crippen MR) is 134 cm³/mol. The van der Waals surface area contributed by atoms with Crippen LogP contribution in [0, 0.1) is 20.2 Å². The summed E-state index contributed by atoms with van der Waals surface area (Å²) in [7, 11) is 0. The number of carbonyl (C=O) groups excluding carboxylic acids is 2. The summed E-state index contributed by atoms with van der Waals surface area (Å²) in [6.45, 7) is 6.10. The van der Waals surface area contributed by atoms with Crippen LogP contribution in [0.1, 0.15) is 42.7 Å². The summed E-state index contributed by atoms with van der Waals surface area (Å²) in [5.41, 5.74) is 0.496. The highest BCUT2D eigenvalue weighted by Crippen LogP contribution is 2.32. The molecule has 0 aromatic heterocycles. The van der Waals surface area contributed by atoms with E-state index in [-0.39, 0.29) is 12.2 Å². The fourth-order valence-corrected chi connectivity index (χ4v) is 4.21. The van der Waals surface area contributed by atoms with Crippen molar-refractivity contribution in [2.24, 2.45) is 0 Å². The van der Waals surface area contributed by atoms with Crippen LogP contribution in [0.25, 0.3) is 0 Å². The number of non-ortho nitro benzene ring substituents is 2. The quantitative estimate of drug-likeness (QED) is 0.230. The predicted octanol–water partition coefficient (Wildman–Crippen LogP) is 3.84. The number of allylic oxidation sites excluding steroid dienone is 1. The van der Waals surface area contributed by atoms with Crippen molar-refractivity contribution in [3.05, 3.63) is 85.1 Å². The van der Waals surface area contributed by atoms with Crippen LogP contribution in [0.4, 0.5) is 17.1 Å². The fourth-order valence-electron chi connectivity index (χ4n) is 3.82. The van der Waals surface area contributed by atoms with Crippen molar-refractivity contribution >= 4 is 46.3 Å². The van der Waals surface area contributed by atoms with Gasteiger partial charge < -0.3 is 20.3 Å². The van der Waals surface area contributed by atoms with Gasteiger partial charge in [-0.2, -0.15) is 0 Å². The van der Waals surface area contributed by atoms with E-state index < -0.39 is 39.1 Å². The van der Waals surface area contributed by atoms with Crippen molar-refractivity contribution < 1.29 is 24.2 Å². The van der Waals surface area contributed by atoms with Gasteiger partial charge in [-0.25, -0.2) is 4.79 Å². The second-order valence-corrected chi connectivity index (χ2v) is 8.06. The van der Waals surface area contributed by atoms with E-state index in [0.29, 0.717) is 34.2 Å². The van der Waals surface area contributed by atoms with Gasteiger partial charge in [0.15, 0.2) is 5.11 Å². The number of amides is 1. The topological polar surface area (TPSA) is 157 Å². The van der Waals surface area contributed by atoms with E-state index in [0.717, 1.165) is 18.2 Å². The van der Waals surface area contributed by atoms with Crippen LogP contribution in [-0.4, -0.2) is 44.9 Å². The van der Waals surface area contributed by atoms with Gasteiger partial charge in [0.25, 0.3) is 17.3 Å². The zero-order valence-electron chi connectivity index (χ0n) is 19.6. The van der Waals surface area contributed by atoms with Gasteiger partial charge in [-0.15, -0.1) is 0 Å². The average Bonchev–Trinajstić information content (AvgIpc) is 2.83. The molecule has 1 amide bonds. The largest absolute Gasteiger partial charge is 0.463 e. The van der Waals surface area contributed by atoms with E-state index in [1.807, 2.05) is 6.92 Å². The molecule has 0 bridgehead atoms. The lowest BCUT2D eigenvalue weighted by Gasteiger charge is -2.37. The van der Waals surface area contributed by atoms with Gasteiger partial charge in [-0.3, -0.25) is 25.0 Å². The molecule has 1 aliphatic heterocycles. The number of nitro groups is 2. The average molecular weight is 514 g/mol. The first-order chi connectivity index (χ1) is 17.1. The minimum atomic E-state index is -0.812. The molecule has 1 heterocycles. The third-order valence-electron chi connectivity index (χ3n) is 5.47. The van der Waals surface area contributed by atoms with Crippen LogP contribution in [0.3, 0.4) is 0 Å². The Labute approximate surface area is 211 Å². The van der Waals surface area contributed by atoms with Crippen LogP contribution in [0.15, 0.2) is 53.7 Å². The van der Waals surface area contributed by atoms with Crippen LogP contribution in [0.2, 0.25) is 0 Å². The van der Waals surface area contributed by atoms with Gasteiger partial charge in [-0.05, 0) is 50.7 Å². The molecule has 2 aromatic rings. The molecule has 0 aliphatic carbocycles. The molecule has 188 valence electrons. The van der Waals surface area contributed by atoms with Gasteiger partial charge in [0.1, 0.15) is 0 Å². The first-order valence-electron chi connectivity index (χ1n) is 10.9. The number of nitrogens with one attached hydrogen (secondary N) is 2. The smallest absolute Gasteiger partial charge is 0.338 e. The number of esters is 1. The van der Waals surface area contributed by atoms with Crippen molar-refractivity contribution in [2.45, 2.75) is 26.8 Å². The summed E-state index contributed by atoms with van der Waals surface area (Å²) >= 11 is 5.47. The lowest BCUT2D eigenvalue weighted by Crippen LogP contribution is -2.47. The SMILES string of the molecule is CCOC(=O)C1=C(C)N(CC)C(=S)NC1c1cccc(NC(=O)c2cc([N+](=O)[O-])cc([N+](=O)[O-])c2)c1. The van der Waals surface area contributed by atoms with Crippen molar-refractivity contribution in [3.8, 4) is 0 Å². The maximum absolute atomic E-state index is 12.8. The van der Waals surface area contributed by atoms with Gasteiger partial charge in [0, 0.05) is 30.1 Å². The van der Waals surface area contributed by atoms with Crippen molar-refractivity contribution in [3.63, 3.8) is 0 Å². The van der Waals surface area contributed by atoms with Gasteiger partial charge in [-0.1, -0.05) is 12.1 Å². The molecule has 13 heteroatoms. The molecule has 12 nitrogen and oxygen atoms in total. The number of benzene rings is 2. The third-order valence-corrected chi connectivity index (χ3v) is 5.81. The highest BCUT2D eigenvalue weighted by Gasteiger charge is 2.34. The molecular weight excluding hydrogens is 490 g/mol. The van der Waals surface area contributed by atoms with Crippen LogP contribution in [0.5, 0.6) is 0 Å². The number of thiocarbonyl (C=S) groups is 1. The molecule has 0 spiro atoms. The molecule has 2 N–H and O–H groups in total. The van der Waals surface area contributed by atoms with Gasteiger partial charge in [0.05, 0.1) is 39.7 Å². The van der Waals surface area contributed by atoms with Crippen molar-refractivity contribution in [2.75, 3.05) is 18.5 Å². The maximum atomic E-state index is 12.8. The Morgan fingerprint density at radius 3 is 2.31 bits per heavy atom. The van der Waals surface area contributed by atoms with Crippen LogP contribution < -0.4 is 10.6 Å². The zero-order valence-corrected chi connectivity index (χ0v) is 20.5. The molecule has 0 radical (unpaired) electrons. The minimum absolute atomic E-state index is 0.185. The number of hydrogen-bond acceptors (Lipinski definition) is 8.